The molecule has 0 saturated carbocycles. The van der Waals surface area contributed by atoms with Crippen molar-refractivity contribution < 1.29 is 14.3 Å². The molecule has 0 aromatic carbocycles. The summed E-state index contributed by atoms with van der Waals surface area (Å²) in [5.41, 5.74) is -0.478. The van der Waals surface area contributed by atoms with Gasteiger partial charge < -0.3 is 9.47 Å². The second kappa shape index (κ2) is 6.35. The van der Waals surface area contributed by atoms with Crippen LogP contribution in [0.2, 0.25) is 0 Å². The molecule has 17 heavy (non-hydrogen) atoms. The number of nitrogens with zero attached hydrogens (tertiary/aromatic N) is 1. The Morgan fingerprint density at radius 3 is 2.65 bits per heavy atom. The van der Waals surface area contributed by atoms with E-state index < -0.39 is 5.60 Å². The molecule has 0 N–H and O–H groups in total. The number of pyridine rings is 1. The maximum absolute atomic E-state index is 12.1. The van der Waals surface area contributed by atoms with Crippen molar-refractivity contribution in [3.8, 4) is 0 Å². The molecular weight excluding hydrogens is 218 g/mol. The van der Waals surface area contributed by atoms with Gasteiger partial charge in [0.1, 0.15) is 0 Å². The molecule has 0 aliphatic carbocycles. The van der Waals surface area contributed by atoms with E-state index >= 15 is 0 Å². The van der Waals surface area contributed by atoms with Gasteiger partial charge in [0.2, 0.25) is 5.60 Å². The molecule has 0 aliphatic rings. The van der Waals surface area contributed by atoms with Crippen LogP contribution in [-0.2, 0) is 19.9 Å². The van der Waals surface area contributed by atoms with Crippen LogP contribution >= 0.6 is 0 Å². The fraction of sp³-hybridized carbons (Fsp3) is 0.538. The molecule has 0 radical (unpaired) electrons. The fourth-order valence-corrected chi connectivity index (χ4v) is 1.83. The van der Waals surface area contributed by atoms with Gasteiger partial charge in [-0.25, -0.2) is 4.79 Å². The van der Waals surface area contributed by atoms with E-state index in [4.69, 9.17) is 9.47 Å². The van der Waals surface area contributed by atoms with Crippen LogP contribution in [-0.4, -0.2) is 24.7 Å². The van der Waals surface area contributed by atoms with Gasteiger partial charge in [0.25, 0.3) is 0 Å². The predicted molar refractivity (Wildman–Crippen MR) is 64.5 cm³/mol. The van der Waals surface area contributed by atoms with Crippen LogP contribution in [0.3, 0.4) is 0 Å². The van der Waals surface area contributed by atoms with Gasteiger partial charge in [0.15, 0.2) is 0 Å². The van der Waals surface area contributed by atoms with Crippen molar-refractivity contribution in [2.45, 2.75) is 32.3 Å². The van der Waals surface area contributed by atoms with E-state index in [9.17, 15) is 4.79 Å². The van der Waals surface area contributed by atoms with Crippen molar-refractivity contribution in [3.63, 3.8) is 0 Å². The highest BCUT2D eigenvalue weighted by Crippen LogP contribution is 2.30. The van der Waals surface area contributed by atoms with Gasteiger partial charge in [-0.15, -0.1) is 0 Å². The minimum absolute atomic E-state index is 0.334. The summed E-state index contributed by atoms with van der Waals surface area (Å²) in [7, 11) is 1.52. The topological polar surface area (TPSA) is 48.4 Å². The van der Waals surface area contributed by atoms with Crippen LogP contribution < -0.4 is 0 Å². The van der Waals surface area contributed by atoms with Gasteiger partial charge in [-0.05, 0) is 25.5 Å². The lowest BCUT2D eigenvalue weighted by molar-refractivity contribution is -0.172. The van der Waals surface area contributed by atoms with E-state index in [-0.39, 0.29) is 5.97 Å². The summed E-state index contributed by atoms with van der Waals surface area (Å²) in [6.45, 7) is 4.11. The largest absolute Gasteiger partial charge is 0.464 e. The number of aromatic nitrogens is 1. The Kier molecular flexibility index (Phi) is 5.10. The second-order valence-electron chi connectivity index (χ2n) is 3.72. The van der Waals surface area contributed by atoms with Gasteiger partial charge in [0.05, 0.1) is 12.3 Å². The number of carbonyl (C=O) groups excluding carboxylic acids is 1. The smallest absolute Gasteiger partial charge is 0.344 e. The second-order valence-corrected chi connectivity index (χ2v) is 3.72. The third-order valence-electron chi connectivity index (χ3n) is 2.63. The Labute approximate surface area is 102 Å². The van der Waals surface area contributed by atoms with E-state index in [0.29, 0.717) is 18.7 Å². The van der Waals surface area contributed by atoms with E-state index in [1.807, 2.05) is 13.0 Å². The highest BCUT2D eigenvalue weighted by molar-refractivity contribution is 5.80. The summed E-state index contributed by atoms with van der Waals surface area (Å²) >= 11 is 0. The Bertz CT molecular complexity index is 353. The summed E-state index contributed by atoms with van der Waals surface area (Å²) in [4.78, 5) is 16.3. The summed E-state index contributed by atoms with van der Waals surface area (Å²) in [5.74, 6) is -0.372. The molecule has 1 atom stereocenters. The van der Waals surface area contributed by atoms with Crippen LogP contribution in [0.5, 0.6) is 0 Å². The molecule has 0 spiro atoms. The number of carbonyl (C=O) groups is 1. The fourth-order valence-electron chi connectivity index (χ4n) is 1.83. The lowest BCUT2D eigenvalue weighted by Gasteiger charge is -2.28. The van der Waals surface area contributed by atoms with E-state index in [2.05, 4.69) is 4.98 Å². The van der Waals surface area contributed by atoms with Gasteiger partial charge in [-0.2, -0.15) is 0 Å². The molecule has 0 amide bonds. The van der Waals surface area contributed by atoms with Gasteiger partial charge in [-0.1, -0.05) is 19.4 Å². The van der Waals surface area contributed by atoms with Gasteiger partial charge in [0, 0.05) is 13.3 Å². The first kappa shape index (κ1) is 13.6. The quantitative estimate of drug-likeness (QED) is 0.712. The zero-order valence-electron chi connectivity index (χ0n) is 10.6. The first-order valence-corrected chi connectivity index (χ1v) is 5.85. The molecule has 4 nitrogen and oxygen atoms in total. The lowest BCUT2D eigenvalue weighted by Crippen LogP contribution is -2.40. The molecule has 0 fully saturated rings. The molecule has 1 heterocycles. The van der Waals surface area contributed by atoms with E-state index in [1.54, 1.807) is 25.3 Å². The van der Waals surface area contributed by atoms with Gasteiger partial charge >= 0.3 is 5.97 Å². The molecule has 1 aromatic heterocycles. The normalized spacial score (nSPS) is 14.1. The highest BCUT2D eigenvalue weighted by atomic mass is 16.6. The number of methoxy groups -OCH3 is 1. The Balaban J connectivity index is 3.12. The average molecular weight is 237 g/mol. The number of esters is 1. The molecule has 0 aliphatic heterocycles. The molecule has 94 valence electrons. The third-order valence-corrected chi connectivity index (χ3v) is 2.63. The average Bonchev–Trinajstić information content (AvgIpc) is 2.37. The Morgan fingerprint density at radius 2 is 2.18 bits per heavy atom. The molecule has 1 aromatic rings. The van der Waals surface area contributed by atoms with Crippen molar-refractivity contribution in [3.05, 3.63) is 30.1 Å². The van der Waals surface area contributed by atoms with Crippen molar-refractivity contribution in [1.29, 1.82) is 0 Å². The first-order valence-electron chi connectivity index (χ1n) is 5.85. The van der Waals surface area contributed by atoms with Crippen LogP contribution in [0.1, 0.15) is 32.4 Å². The molecule has 0 saturated heterocycles. The number of hydrogen-bond acceptors (Lipinski definition) is 4. The Hall–Kier alpha value is -1.42. The Morgan fingerprint density at radius 1 is 1.41 bits per heavy atom. The minimum Gasteiger partial charge on any atom is -0.464 e. The van der Waals surface area contributed by atoms with Crippen LogP contribution in [0.25, 0.3) is 0 Å². The molecule has 1 unspecified atom stereocenters. The van der Waals surface area contributed by atoms with Crippen molar-refractivity contribution >= 4 is 5.97 Å². The van der Waals surface area contributed by atoms with Crippen molar-refractivity contribution in [1.82, 2.24) is 4.98 Å². The van der Waals surface area contributed by atoms with Crippen LogP contribution in [0, 0.1) is 0 Å². The lowest BCUT2D eigenvalue weighted by atomic mass is 9.93. The maximum atomic E-state index is 12.1. The van der Waals surface area contributed by atoms with Crippen molar-refractivity contribution in [2.75, 3.05) is 13.7 Å². The monoisotopic (exact) mass is 237 g/mol. The van der Waals surface area contributed by atoms with Crippen molar-refractivity contribution in [2.24, 2.45) is 0 Å². The maximum Gasteiger partial charge on any atom is 0.344 e. The first-order chi connectivity index (χ1) is 8.21. The standard InChI is InChI=1S/C13H19NO3/c1-4-9-13(16-3,12(15)17-5-2)11-8-6-7-10-14-11/h6-8,10H,4-5,9H2,1-3H3. The molecule has 4 heteroatoms. The third kappa shape index (κ3) is 2.82. The van der Waals surface area contributed by atoms with Crippen LogP contribution in [0.4, 0.5) is 0 Å². The minimum atomic E-state index is -1.08. The zero-order chi connectivity index (χ0) is 12.7. The number of ether oxygens (including phenoxy) is 2. The molecule has 0 bridgehead atoms. The molecule has 1 rings (SSSR count). The summed E-state index contributed by atoms with van der Waals surface area (Å²) < 4.78 is 10.5. The number of rotatable bonds is 6. The highest BCUT2D eigenvalue weighted by Gasteiger charge is 2.42. The zero-order valence-corrected chi connectivity index (χ0v) is 10.6. The number of hydrogen-bond donors (Lipinski definition) is 0. The van der Waals surface area contributed by atoms with E-state index in [0.717, 1.165) is 6.42 Å². The van der Waals surface area contributed by atoms with Crippen LogP contribution in [0.15, 0.2) is 24.4 Å². The summed E-state index contributed by atoms with van der Waals surface area (Å²) in [5, 5.41) is 0. The molecular formula is C13H19NO3. The summed E-state index contributed by atoms with van der Waals surface area (Å²) in [6, 6.07) is 5.43. The van der Waals surface area contributed by atoms with E-state index in [1.165, 1.54) is 7.11 Å². The SMILES string of the molecule is CCCC(OC)(C(=O)OCC)c1ccccn1. The van der Waals surface area contributed by atoms with Gasteiger partial charge in [-0.3, -0.25) is 4.98 Å². The predicted octanol–water partition coefficient (Wildman–Crippen LogP) is 2.29. The summed E-state index contributed by atoms with van der Waals surface area (Å²) in [6.07, 6.45) is 3.01.